The van der Waals surface area contributed by atoms with Crippen LogP contribution in [-0.2, 0) is 11.3 Å². The lowest BCUT2D eigenvalue weighted by atomic mass is 10.1. The van der Waals surface area contributed by atoms with Gasteiger partial charge >= 0.3 is 0 Å². The summed E-state index contributed by atoms with van der Waals surface area (Å²) in [5, 5.41) is 9.75. The van der Waals surface area contributed by atoms with Gasteiger partial charge in [-0.05, 0) is 49.7 Å². The van der Waals surface area contributed by atoms with Crippen LogP contribution in [0.1, 0.15) is 44.9 Å². The first-order chi connectivity index (χ1) is 15.5. The summed E-state index contributed by atoms with van der Waals surface area (Å²) in [4.78, 5) is 42.7. The van der Waals surface area contributed by atoms with Gasteiger partial charge in [0.15, 0.2) is 5.82 Å². The summed E-state index contributed by atoms with van der Waals surface area (Å²) in [6.45, 7) is 2.27. The van der Waals surface area contributed by atoms with Crippen molar-refractivity contribution >= 4 is 17.7 Å². The lowest BCUT2D eigenvalue weighted by Gasteiger charge is -2.13. The highest BCUT2D eigenvalue weighted by Crippen LogP contribution is 2.24. The normalized spacial score (nSPS) is 12.8. The van der Waals surface area contributed by atoms with Crippen molar-refractivity contribution < 1.29 is 19.1 Å². The number of nitrogens with one attached hydrogen (secondary N) is 2. The number of methoxy groups -OCH3 is 1. The highest BCUT2D eigenvalue weighted by Gasteiger charge is 2.34. The van der Waals surface area contributed by atoms with E-state index in [2.05, 4.69) is 20.5 Å². The van der Waals surface area contributed by atoms with Crippen LogP contribution in [0.2, 0.25) is 0 Å². The molecule has 2 N–H and O–H groups in total. The fraction of sp³-hybridized carbons (Fsp3) is 0.261. The molecule has 2 heterocycles. The first kappa shape index (κ1) is 21.2. The fourth-order valence-corrected chi connectivity index (χ4v) is 3.52. The van der Waals surface area contributed by atoms with Crippen molar-refractivity contribution in [3.05, 3.63) is 65.0 Å². The number of H-pyrrole nitrogens is 1. The molecule has 2 aromatic carbocycles. The average molecular weight is 433 g/mol. The monoisotopic (exact) mass is 433 g/mol. The number of hydrogen-bond acceptors (Lipinski definition) is 6. The molecule has 9 nitrogen and oxygen atoms in total. The lowest BCUT2D eigenvalue weighted by molar-refractivity contribution is -0.121. The number of amides is 3. The van der Waals surface area contributed by atoms with Gasteiger partial charge in [0, 0.05) is 18.5 Å². The molecule has 4 rings (SSSR count). The third kappa shape index (κ3) is 4.36. The van der Waals surface area contributed by atoms with Crippen molar-refractivity contribution in [2.45, 2.75) is 26.3 Å². The van der Waals surface area contributed by atoms with Gasteiger partial charge in [0.25, 0.3) is 11.8 Å². The van der Waals surface area contributed by atoms with Crippen molar-refractivity contribution in [1.29, 1.82) is 0 Å². The molecule has 0 radical (unpaired) electrons. The number of benzene rings is 2. The maximum atomic E-state index is 12.5. The standard InChI is InChI=1S/C23H23N5O4/c1-14-5-10-17-18(12-14)23(31)28(22(17)30)11-3-4-20(29)24-13-19-25-21(27-26-19)15-6-8-16(32-2)9-7-15/h5-10,12H,3-4,11,13H2,1-2H3,(H,24,29)(H,25,26,27). The van der Waals surface area contributed by atoms with Gasteiger partial charge in [-0.1, -0.05) is 11.6 Å². The largest absolute Gasteiger partial charge is 0.497 e. The molecule has 9 heteroatoms. The molecular formula is C23H23N5O4. The van der Waals surface area contributed by atoms with Crippen LogP contribution in [0.5, 0.6) is 5.75 Å². The van der Waals surface area contributed by atoms with Crippen molar-refractivity contribution in [3.8, 4) is 17.1 Å². The summed E-state index contributed by atoms with van der Waals surface area (Å²) in [6, 6.07) is 12.6. The van der Waals surface area contributed by atoms with E-state index >= 15 is 0 Å². The van der Waals surface area contributed by atoms with Crippen molar-refractivity contribution in [2.75, 3.05) is 13.7 Å². The van der Waals surface area contributed by atoms with Crippen LogP contribution in [0.3, 0.4) is 0 Å². The number of fused-ring (bicyclic) bond motifs is 1. The summed E-state index contributed by atoms with van der Waals surface area (Å²) >= 11 is 0. The Labute approximate surface area is 184 Å². The predicted octanol–water partition coefficient (Wildman–Crippen LogP) is 2.48. The van der Waals surface area contributed by atoms with Crippen LogP contribution in [0.4, 0.5) is 0 Å². The fourth-order valence-electron chi connectivity index (χ4n) is 3.52. The zero-order chi connectivity index (χ0) is 22.7. The quantitative estimate of drug-likeness (QED) is 0.527. The number of nitrogens with zero attached hydrogens (tertiary/aromatic N) is 3. The molecule has 1 aliphatic heterocycles. The van der Waals surface area contributed by atoms with Crippen LogP contribution >= 0.6 is 0 Å². The third-order valence-corrected chi connectivity index (χ3v) is 5.24. The van der Waals surface area contributed by atoms with Crippen LogP contribution in [0.25, 0.3) is 11.4 Å². The minimum absolute atomic E-state index is 0.186. The Kier molecular flexibility index (Phi) is 5.98. The lowest BCUT2D eigenvalue weighted by Crippen LogP contribution is -2.32. The van der Waals surface area contributed by atoms with Gasteiger partial charge in [-0.15, -0.1) is 0 Å². The molecule has 0 saturated heterocycles. The van der Waals surface area contributed by atoms with Crippen molar-refractivity contribution in [3.63, 3.8) is 0 Å². The summed E-state index contributed by atoms with van der Waals surface area (Å²) < 4.78 is 5.14. The molecule has 1 aliphatic rings. The van der Waals surface area contributed by atoms with Crippen LogP contribution < -0.4 is 10.1 Å². The van der Waals surface area contributed by atoms with E-state index in [0.29, 0.717) is 29.2 Å². The summed E-state index contributed by atoms with van der Waals surface area (Å²) in [7, 11) is 1.60. The van der Waals surface area contributed by atoms with Gasteiger partial charge in [-0.3, -0.25) is 24.4 Å². The molecule has 0 unspecified atom stereocenters. The van der Waals surface area contributed by atoms with E-state index in [9.17, 15) is 14.4 Å². The van der Waals surface area contributed by atoms with Gasteiger partial charge in [-0.25, -0.2) is 4.98 Å². The van der Waals surface area contributed by atoms with E-state index in [1.54, 1.807) is 19.2 Å². The zero-order valence-electron chi connectivity index (χ0n) is 17.8. The number of aryl methyl sites for hydroxylation is 1. The maximum Gasteiger partial charge on any atom is 0.261 e. The summed E-state index contributed by atoms with van der Waals surface area (Å²) in [6.07, 6.45) is 0.565. The Morgan fingerprint density at radius 3 is 2.59 bits per heavy atom. The molecule has 0 bridgehead atoms. The zero-order valence-corrected chi connectivity index (χ0v) is 17.8. The second kappa shape index (κ2) is 9.01. The average Bonchev–Trinajstić information content (AvgIpc) is 3.36. The van der Waals surface area contributed by atoms with Gasteiger partial charge in [0.1, 0.15) is 11.6 Å². The van der Waals surface area contributed by atoms with Crippen LogP contribution in [0.15, 0.2) is 42.5 Å². The number of carbonyl (C=O) groups excluding carboxylic acids is 3. The Morgan fingerprint density at radius 2 is 1.84 bits per heavy atom. The van der Waals surface area contributed by atoms with E-state index in [1.165, 1.54) is 4.90 Å². The number of rotatable bonds is 8. The van der Waals surface area contributed by atoms with E-state index < -0.39 is 0 Å². The van der Waals surface area contributed by atoms with Crippen LogP contribution in [0, 0.1) is 6.92 Å². The molecule has 0 saturated carbocycles. The van der Waals surface area contributed by atoms with Crippen LogP contribution in [-0.4, -0.2) is 51.5 Å². The van der Waals surface area contributed by atoms with E-state index in [4.69, 9.17) is 4.74 Å². The molecule has 3 aromatic rings. The molecule has 0 spiro atoms. The van der Waals surface area contributed by atoms with Crippen molar-refractivity contribution in [1.82, 2.24) is 25.4 Å². The highest BCUT2D eigenvalue weighted by atomic mass is 16.5. The Hall–Kier alpha value is -4.01. The van der Waals surface area contributed by atoms with E-state index in [-0.39, 0.29) is 37.2 Å². The van der Waals surface area contributed by atoms with Gasteiger partial charge < -0.3 is 10.1 Å². The Morgan fingerprint density at radius 1 is 1.09 bits per heavy atom. The number of carbonyl (C=O) groups is 3. The number of hydrogen-bond donors (Lipinski definition) is 2. The third-order valence-electron chi connectivity index (χ3n) is 5.24. The number of aromatic amines is 1. The second-order valence-electron chi connectivity index (χ2n) is 7.53. The molecule has 3 amide bonds. The minimum atomic E-state index is -0.307. The molecule has 0 aliphatic carbocycles. The van der Waals surface area contributed by atoms with Crippen molar-refractivity contribution in [2.24, 2.45) is 0 Å². The Balaban J connectivity index is 1.24. The maximum absolute atomic E-state index is 12.5. The summed E-state index contributed by atoms with van der Waals surface area (Å²) in [5.41, 5.74) is 2.60. The molecule has 0 atom stereocenters. The molecule has 32 heavy (non-hydrogen) atoms. The topological polar surface area (TPSA) is 117 Å². The molecular weight excluding hydrogens is 410 g/mol. The van der Waals surface area contributed by atoms with Gasteiger partial charge in [0.2, 0.25) is 5.91 Å². The smallest absolute Gasteiger partial charge is 0.261 e. The number of aromatic nitrogens is 3. The molecule has 1 aromatic heterocycles. The number of ether oxygens (including phenoxy) is 1. The van der Waals surface area contributed by atoms with Gasteiger partial charge in [-0.2, -0.15) is 5.10 Å². The first-order valence-corrected chi connectivity index (χ1v) is 10.3. The molecule has 0 fully saturated rings. The predicted molar refractivity (Wildman–Crippen MR) is 116 cm³/mol. The SMILES string of the molecule is COc1ccc(-c2n[nH]c(CNC(=O)CCCN3C(=O)c4ccc(C)cc4C3=O)n2)cc1. The van der Waals surface area contributed by atoms with Gasteiger partial charge in [0.05, 0.1) is 24.8 Å². The summed E-state index contributed by atoms with van der Waals surface area (Å²) in [5.74, 6) is 0.991. The first-order valence-electron chi connectivity index (χ1n) is 10.3. The highest BCUT2D eigenvalue weighted by molar-refractivity contribution is 6.21. The number of imide groups is 1. The van der Waals surface area contributed by atoms with E-state index in [0.717, 1.165) is 16.9 Å². The minimum Gasteiger partial charge on any atom is -0.497 e. The van der Waals surface area contributed by atoms with E-state index in [1.807, 2.05) is 37.3 Å². The second-order valence-corrected chi connectivity index (χ2v) is 7.53. The molecule has 164 valence electrons. The Bertz CT molecular complexity index is 1170.